The zero-order valence-electron chi connectivity index (χ0n) is 10.5. The van der Waals surface area contributed by atoms with Crippen LogP contribution in [0.25, 0.3) is 11.1 Å². The Hall–Kier alpha value is -2.47. The third kappa shape index (κ3) is 3.30. The standard InChI is InChI=1S/C14H13FN2O3/c15-12-3-1-2-9(5-12)10-4-11(8-18)14(16-6-10)17-7-13(19)20/h1-6,18H,7-8H2,(H,16,17)(H,19,20). The molecule has 6 heteroatoms. The monoisotopic (exact) mass is 276 g/mol. The zero-order valence-corrected chi connectivity index (χ0v) is 10.5. The maximum Gasteiger partial charge on any atom is 0.322 e. The van der Waals surface area contributed by atoms with Gasteiger partial charge in [0.2, 0.25) is 0 Å². The second-order valence-electron chi connectivity index (χ2n) is 4.15. The summed E-state index contributed by atoms with van der Waals surface area (Å²) >= 11 is 0. The maximum absolute atomic E-state index is 13.2. The SMILES string of the molecule is O=C(O)CNc1ncc(-c2cccc(F)c2)cc1CO. The van der Waals surface area contributed by atoms with E-state index >= 15 is 0 Å². The molecule has 1 aromatic carbocycles. The summed E-state index contributed by atoms with van der Waals surface area (Å²) in [6.45, 7) is -0.586. The molecule has 3 N–H and O–H groups in total. The zero-order chi connectivity index (χ0) is 14.5. The largest absolute Gasteiger partial charge is 0.480 e. The summed E-state index contributed by atoms with van der Waals surface area (Å²) in [5, 5.41) is 20.5. The predicted octanol–water partition coefficient (Wildman–Crippen LogP) is 1.88. The summed E-state index contributed by atoms with van der Waals surface area (Å²) in [4.78, 5) is 14.6. The maximum atomic E-state index is 13.2. The van der Waals surface area contributed by atoms with Crippen molar-refractivity contribution >= 4 is 11.8 Å². The highest BCUT2D eigenvalue weighted by molar-refractivity contribution is 5.73. The number of anilines is 1. The molecule has 2 aromatic rings. The summed E-state index contributed by atoms with van der Waals surface area (Å²) in [7, 11) is 0. The van der Waals surface area contributed by atoms with Crippen molar-refractivity contribution in [1.82, 2.24) is 4.98 Å². The van der Waals surface area contributed by atoms with Gasteiger partial charge >= 0.3 is 5.97 Å². The van der Waals surface area contributed by atoms with Crippen LogP contribution in [0.3, 0.4) is 0 Å². The normalized spacial score (nSPS) is 10.3. The van der Waals surface area contributed by atoms with Crippen LogP contribution < -0.4 is 5.32 Å². The number of aliphatic carboxylic acids is 1. The minimum atomic E-state index is -1.02. The first-order chi connectivity index (χ1) is 9.60. The van der Waals surface area contributed by atoms with E-state index in [1.165, 1.54) is 18.3 Å². The van der Waals surface area contributed by atoms with Crippen molar-refractivity contribution in [3.05, 3.63) is 47.9 Å². The van der Waals surface area contributed by atoms with Gasteiger partial charge in [0, 0.05) is 17.3 Å². The topological polar surface area (TPSA) is 82.5 Å². The molecule has 2 rings (SSSR count). The fraction of sp³-hybridized carbons (Fsp3) is 0.143. The number of rotatable bonds is 5. The lowest BCUT2D eigenvalue weighted by molar-refractivity contribution is -0.134. The van der Waals surface area contributed by atoms with Crippen LogP contribution in [0.2, 0.25) is 0 Å². The number of carbonyl (C=O) groups is 1. The van der Waals surface area contributed by atoms with E-state index in [4.69, 9.17) is 5.11 Å². The molecule has 0 atom stereocenters. The van der Waals surface area contributed by atoms with Crippen LogP contribution in [-0.2, 0) is 11.4 Å². The third-order valence-corrected chi connectivity index (χ3v) is 2.70. The smallest absolute Gasteiger partial charge is 0.322 e. The van der Waals surface area contributed by atoms with Crippen LogP contribution in [0.4, 0.5) is 10.2 Å². The van der Waals surface area contributed by atoms with Gasteiger partial charge in [0.1, 0.15) is 18.2 Å². The van der Waals surface area contributed by atoms with E-state index in [1.807, 2.05) is 0 Å². The van der Waals surface area contributed by atoms with Crippen LogP contribution in [0.5, 0.6) is 0 Å². The summed E-state index contributed by atoms with van der Waals surface area (Å²) in [5.74, 6) is -1.08. The molecular formula is C14H13FN2O3. The quantitative estimate of drug-likeness (QED) is 0.776. The van der Waals surface area contributed by atoms with Gasteiger partial charge in [-0.2, -0.15) is 0 Å². The molecule has 0 spiro atoms. The number of hydrogen-bond donors (Lipinski definition) is 3. The van der Waals surface area contributed by atoms with E-state index in [2.05, 4.69) is 10.3 Å². The van der Waals surface area contributed by atoms with Crippen molar-refractivity contribution in [3.8, 4) is 11.1 Å². The molecule has 0 aliphatic carbocycles. The highest BCUT2D eigenvalue weighted by Gasteiger charge is 2.08. The van der Waals surface area contributed by atoms with Gasteiger partial charge < -0.3 is 15.5 Å². The highest BCUT2D eigenvalue weighted by atomic mass is 19.1. The van der Waals surface area contributed by atoms with Crippen molar-refractivity contribution in [3.63, 3.8) is 0 Å². The number of halogens is 1. The van der Waals surface area contributed by atoms with E-state index in [9.17, 15) is 14.3 Å². The Bertz CT molecular complexity index is 632. The lowest BCUT2D eigenvalue weighted by Crippen LogP contribution is -2.14. The van der Waals surface area contributed by atoms with Gasteiger partial charge in [-0.25, -0.2) is 9.37 Å². The van der Waals surface area contributed by atoms with Crippen molar-refractivity contribution in [1.29, 1.82) is 0 Å². The van der Waals surface area contributed by atoms with Crippen molar-refractivity contribution in [2.45, 2.75) is 6.61 Å². The fourth-order valence-electron chi connectivity index (χ4n) is 1.78. The number of pyridine rings is 1. The second kappa shape index (κ2) is 6.12. The number of benzene rings is 1. The predicted molar refractivity (Wildman–Crippen MR) is 71.7 cm³/mol. The van der Waals surface area contributed by atoms with Gasteiger partial charge in [-0.15, -0.1) is 0 Å². The minimum Gasteiger partial charge on any atom is -0.480 e. The Morgan fingerprint density at radius 1 is 1.30 bits per heavy atom. The van der Waals surface area contributed by atoms with E-state index in [0.717, 1.165) is 0 Å². The Balaban J connectivity index is 2.31. The van der Waals surface area contributed by atoms with Crippen LogP contribution in [0.1, 0.15) is 5.56 Å². The van der Waals surface area contributed by atoms with Crippen molar-refractivity contribution in [2.75, 3.05) is 11.9 Å². The third-order valence-electron chi connectivity index (χ3n) is 2.70. The van der Waals surface area contributed by atoms with Crippen molar-refractivity contribution in [2.24, 2.45) is 0 Å². The van der Waals surface area contributed by atoms with Gasteiger partial charge in [-0.3, -0.25) is 4.79 Å². The van der Waals surface area contributed by atoms with Crippen LogP contribution in [-0.4, -0.2) is 27.7 Å². The molecule has 5 nitrogen and oxygen atoms in total. The number of carboxylic acid groups (broad SMARTS) is 1. The van der Waals surface area contributed by atoms with E-state index < -0.39 is 5.97 Å². The molecule has 0 amide bonds. The highest BCUT2D eigenvalue weighted by Crippen LogP contribution is 2.23. The van der Waals surface area contributed by atoms with Gasteiger partial charge in [-0.05, 0) is 23.8 Å². The lowest BCUT2D eigenvalue weighted by atomic mass is 10.1. The Morgan fingerprint density at radius 2 is 2.10 bits per heavy atom. The molecule has 0 unspecified atom stereocenters. The number of carboxylic acids is 1. The molecular weight excluding hydrogens is 263 g/mol. The number of aromatic nitrogens is 1. The van der Waals surface area contributed by atoms with E-state index in [-0.39, 0.29) is 19.0 Å². The number of aliphatic hydroxyl groups is 1. The molecule has 0 radical (unpaired) electrons. The summed E-state index contributed by atoms with van der Waals surface area (Å²) in [5.41, 5.74) is 1.74. The summed E-state index contributed by atoms with van der Waals surface area (Å²) in [6, 6.07) is 7.66. The molecule has 0 bridgehead atoms. The first-order valence-corrected chi connectivity index (χ1v) is 5.91. The minimum absolute atomic E-state index is 0.292. The molecule has 0 saturated heterocycles. The Kier molecular flexibility index (Phi) is 4.27. The second-order valence-corrected chi connectivity index (χ2v) is 4.15. The van der Waals surface area contributed by atoms with Crippen molar-refractivity contribution < 1.29 is 19.4 Å². The summed E-state index contributed by atoms with van der Waals surface area (Å²) < 4.78 is 13.2. The van der Waals surface area contributed by atoms with Crippen LogP contribution in [0.15, 0.2) is 36.5 Å². The molecule has 0 aliphatic heterocycles. The summed E-state index contributed by atoms with van der Waals surface area (Å²) in [6.07, 6.45) is 1.50. The molecule has 0 fully saturated rings. The molecule has 1 aromatic heterocycles. The van der Waals surface area contributed by atoms with E-state index in [1.54, 1.807) is 18.2 Å². The van der Waals surface area contributed by atoms with E-state index in [0.29, 0.717) is 22.5 Å². The molecule has 1 heterocycles. The lowest BCUT2D eigenvalue weighted by Gasteiger charge is -2.10. The Morgan fingerprint density at radius 3 is 2.75 bits per heavy atom. The van der Waals surface area contributed by atoms with Crippen LogP contribution in [0, 0.1) is 5.82 Å². The average molecular weight is 276 g/mol. The number of nitrogens with zero attached hydrogens (tertiary/aromatic N) is 1. The fourth-order valence-corrected chi connectivity index (χ4v) is 1.78. The molecule has 20 heavy (non-hydrogen) atoms. The van der Waals surface area contributed by atoms with Gasteiger partial charge in [-0.1, -0.05) is 12.1 Å². The molecule has 0 aliphatic rings. The van der Waals surface area contributed by atoms with Gasteiger partial charge in [0.25, 0.3) is 0 Å². The number of nitrogens with one attached hydrogen (secondary N) is 1. The molecule has 0 saturated carbocycles. The van der Waals surface area contributed by atoms with Gasteiger partial charge in [0.15, 0.2) is 0 Å². The Labute approximate surface area is 114 Å². The van der Waals surface area contributed by atoms with Gasteiger partial charge in [0.05, 0.1) is 6.61 Å². The van der Waals surface area contributed by atoms with Crippen LogP contribution >= 0.6 is 0 Å². The number of hydrogen-bond acceptors (Lipinski definition) is 4. The first-order valence-electron chi connectivity index (χ1n) is 5.91. The number of aliphatic hydroxyl groups excluding tert-OH is 1. The first kappa shape index (κ1) is 14.0. The molecule has 104 valence electrons. The average Bonchev–Trinajstić information content (AvgIpc) is 2.44.